The number of benzene rings is 2. The molecular formula is C26H28N2O3. The molecule has 160 valence electrons. The second-order valence-corrected chi connectivity index (χ2v) is 7.55. The molecule has 2 N–H and O–H groups in total. The van der Waals surface area contributed by atoms with Crippen LogP contribution in [0.25, 0.3) is 10.9 Å². The van der Waals surface area contributed by atoms with Crippen LogP contribution in [0, 0.1) is 0 Å². The normalized spacial score (nSPS) is 12.1. The lowest BCUT2D eigenvalue weighted by Crippen LogP contribution is -2.24. The average molecular weight is 417 g/mol. The SMILES string of the molecule is CCOc1ccc(C(CC(=O)NCc2ccco2)c2c[nH]c3c(CC)cccc23)cc1. The average Bonchev–Trinajstić information content (AvgIpc) is 3.47. The number of carbonyl (C=O) groups excluding carboxylic acids is 1. The van der Waals surface area contributed by atoms with Crippen molar-refractivity contribution in [1.29, 1.82) is 0 Å². The van der Waals surface area contributed by atoms with Gasteiger partial charge in [0.25, 0.3) is 0 Å². The Morgan fingerprint density at radius 2 is 1.94 bits per heavy atom. The van der Waals surface area contributed by atoms with Crippen molar-refractivity contribution in [3.8, 4) is 5.75 Å². The third kappa shape index (κ3) is 4.66. The molecule has 0 radical (unpaired) electrons. The molecule has 0 aliphatic heterocycles. The molecule has 1 amide bonds. The van der Waals surface area contributed by atoms with Crippen molar-refractivity contribution in [3.05, 3.63) is 89.5 Å². The minimum Gasteiger partial charge on any atom is -0.494 e. The minimum atomic E-state index is -0.0758. The Hall–Kier alpha value is -3.47. The van der Waals surface area contributed by atoms with E-state index in [4.69, 9.17) is 9.15 Å². The highest BCUT2D eigenvalue weighted by Crippen LogP contribution is 2.35. The van der Waals surface area contributed by atoms with Crippen LogP contribution < -0.4 is 10.1 Å². The predicted molar refractivity (Wildman–Crippen MR) is 122 cm³/mol. The number of hydrogen-bond donors (Lipinski definition) is 2. The van der Waals surface area contributed by atoms with Crippen molar-refractivity contribution in [2.24, 2.45) is 0 Å². The van der Waals surface area contributed by atoms with Crippen LogP contribution in [0.4, 0.5) is 0 Å². The number of amides is 1. The van der Waals surface area contributed by atoms with E-state index in [1.54, 1.807) is 6.26 Å². The van der Waals surface area contributed by atoms with E-state index < -0.39 is 0 Å². The summed E-state index contributed by atoms with van der Waals surface area (Å²) in [6, 6.07) is 18.1. The van der Waals surface area contributed by atoms with Crippen LogP contribution >= 0.6 is 0 Å². The van der Waals surface area contributed by atoms with E-state index >= 15 is 0 Å². The number of hydrogen-bond acceptors (Lipinski definition) is 3. The van der Waals surface area contributed by atoms with Crippen molar-refractivity contribution in [3.63, 3.8) is 0 Å². The maximum Gasteiger partial charge on any atom is 0.221 e. The van der Waals surface area contributed by atoms with E-state index in [1.165, 1.54) is 5.56 Å². The van der Waals surface area contributed by atoms with Crippen molar-refractivity contribution < 1.29 is 13.9 Å². The maximum atomic E-state index is 12.9. The number of carbonyl (C=O) groups is 1. The van der Waals surface area contributed by atoms with E-state index in [1.807, 2.05) is 37.4 Å². The van der Waals surface area contributed by atoms with E-state index in [2.05, 4.69) is 47.6 Å². The molecule has 0 spiro atoms. The Bertz CT molecular complexity index is 1130. The van der Waals surface area contributed by atoms with Gasteiger partial charge in [-0.1, -0.05) is 37.3 Å². The lowest BCUT2D eigenvalue weighted by molar-refractivity contribution is -0.121. The van der Waals surface area contributed by atoms with Gasteiger partial charge in [-0.2, -0.15) is 0 Å². The Labute approximate surface area is 182 Å². The minimum absolute atomic E-state index is 0.0173. The van der Waals surface area contributed by atoms with Gasteiger partial charge >= 0.3 is 0 Å². The van der Waals surface area contributed by atoms with Gasteiger partial charge in [0, 0.05) is 29.4 Å². The van der Waals surface area contributed by atoms with Crippen molar-refractivity contribution in [1.82, 2.24) is 10.3 Å². The van der Waals surface area contributed by atoms with E-state index in [0.29, 0.717) is 19.6 Å². The number of H-pyrrole nitrogens is 1. The van der Waals surface area contributed by atoms with Gasteiger partial charge in [0.15, 0.2) is 0 Å². The number of para-hydroxylation sites is 1. The third-order valence-corrected chi connectivity index (χ3v) is 5.61. The lowest BCUT2D eigenvalue weighted by atomic mass is 9.87. The van der Waals surface area contributed by atoms with Crippen LogP contribution in [0.1, 0.15) is 48.6 Å². The summed E-state index contributed by atoms with van der Waals surface area (Å²) < 4.78 is 10.9. The van der Waals surface area contributed by atoms with Crippen LogP contribution in [0.3, 0.4) is 0 Å². The maximum absolute atomic E-state index is 12.9. The van der Waals surface area contributed by atoms with Crippen molar-refractivity contribution in [2.45, 2.75) is 39.2 Å². The smallest absolute Gasteiger partial charge is 0.221 e. The number of ether oxygens (including phenoxy) is 1. The second kappa shape index (κ2) is 9.56. The molecule has 0 saturated heterocycles. The van der Waals surface area contributed by atoms with Gasteiger partial charge in [-0.25, -0.2) is 0 Å². The fraction of sp³-hybridized carbons (Fsp3) is 0.269. The van der Waals surface area contributed by atoms with Gasteiger partial charge in [0.05, 0.1) is 19.4 Å². The summed E-state index contributed by atoms with van der Waals surface area (Å²) in [6.45, 7) is 5.13. The predicted octanol–water partition coefficient (Wildman–Crippen LogP) is 5.56. The molecule has 0 bridgehead atoms. The van der Waals surface area contributed by atoms with Crippen LogP contribution in [0.15, 0.2) is 71.5 Å². The molecule has 1 atom stereocenters. The summed E-state index contributed by atoms with van der Waals surface area (Å²) in [5.41, 5.74) is 4.63. The molecule has 2 heterocycles. The summed E-state index contributed by atoms with van der Waals surface area (Å²) in [4.78, 5) is 16.3. The summed E-state index contributed by atoms with van der Waals surface area (Å²) in [5, 5.41) is 4.15. The zero-order valence-electron chi connectivity index (χ0n) is 18.0. The fourth-order valence-corrected chi connectivity index (χ4v) is 4.05. The number of fused-ring (bicyclic) bond motifs is 1. The van der Waals surface area contributed by atoms with E-state index in [-0.39, 0.29) is 11.8 Å². The lowest BCUT2D eigenvalue weighted by Gasteiger charge is -2.18. The van der Waals surface area contributed by atoms with Gasteiger partial charge in [0.1, 0.15) is 11.5 Å². The molecule has 4 rings (SSSR count). The Morgan fingerprint density at radius 1 is 1.10 bits per heavy atom. The number of furan rings is 1. The molecule has 5 heteroatoms. The Kier molecular flexibility index (Phi) is 6.41. The number of aryl methyl sites for hydroxylation is 1. The zero-order valence-corrected chi connectivity index (χ0v) is 18.0. The molecular weight excluding hydrogens is 388 g/mol. The molecule has 0 aliphatic rings. The van der Waals surface area contributed by atoms with Crippen LogP contribution in [0.5, 0.6) is 5.75 Å². The molecule has 2 aromatic heterocycles. The highest BCUT2D eigenvalue weighted by Gasteiger charge is 2.22. The molecule has 0 aliphatic carbocycles. The van der Waals surface area contributed by atoms with Gasteiger partial charge < -0.3 is 19.5 Å². The van der Waals surface area contributed by atoms with Gasteiger partial charge in [-0.3, -0.25) is 4.79 Å². The van der Waals surface area contributed by atoms with Crippen LogP contribution in [-0.4, -0.2) is 17.5 Å². The Balaban J connectivity index is 1.64. The van der Waals surface area contributed by atoms with Crippen molar-refractivity contribution in [2.75, 3.05) is 6.61 Å². The van der Waals surface area contributed by atoms with E-state index in [0.717, 1.165) is 40.0 Å². The summed E-state index contributed by atoms with van der Waals surface area (Å²) in [7, 11) is 0. The van der Waals surface area contributed by atoms with Crippen LogP contribution in [0.2, 0.25) is 0 Å². The molecule has 5 nitrogen and oxygen atoms in total. The summed E-state index contributed by atoms with van der Waals surface area (Å²) >= 11 is 0. The number of aromatic amines is 1. The standard InChI is InChI=1S/C26H28N2O3/c1-3-18-7-5-9-22-24(17-28-26(18)22)23(19-10-12-20(13-11-19)30-4-2)15-25(29)27-16-21-8-6-14-31-21/h5-14,17,23,28H,3-4,15-16H2,1-2H3,(H,27,29). The first-order chi connectivity index (χ1) is 15.2. The number of nitrogens with one attached hydrogen (secondary N) is 2. The van der Waals surface area contributed by atoms with Gasteiger partial charge in [-0.05, 0) is 54.3 Å². The monoisotopic (exact) mass is 416 g/mol. The molecule has 31 heavy (non-hydrogen) atoms. The Morgan fingerprint density at radius 3 is 2.65 bits per heavy atom. The first-order valence-corrected chi connectivity index (χ1v) is 10.8. The first-order valence-electron chi connectivity index (χ1n) is 10.8. The summed E-state index contributed by atoms with van der Waals surface area (Å²) in [6.07, 6.45) is 4.96. The number of aromatic nitrogens is 1. The van der Waals surface area contributed by atoms with E-state index in [9.17, 15) is 4.79 Å². The van der Waals surface area contributed by atoms with Crippen LogP contribution in [-0.2, 0) is 17.8 Å². The third-order valence-electron chi connectivity index (χ3n) is 5.61. The molecule has 2 aromatic carbocycles. The highest BCUT2D eigenvalue weighted by atomic mass is 16.5. The second-order valence-electron chi connectivity index (χ2n) is 7.55. The summed E-state index contributed by atoms with van der Waals surface area (Å²) in [5.74, 6) is 1.48. The molecule has 4 aromatic rings. The number of rotatable bonds is 9. The zero-order chi connectivity index (χ0) is 21.6. The topological polar surface area (TPSA) is 67.3 Å². The first kappa shape index (κ1) is 20.8. The highest BCUT2D eigenvalue weighted by molar-refractivity contribution is 5.88. The largest absolute Gasteiger partial charge is 0.494 e. The molecule has 0 fully saturated rings. The van der Waals surface area contributed by atoms with Gasteiger partial charge in [-0.15, -0.1) is 0 Å². The molecule has 0 saturated carbocycles. The molecule has 1 unspecified atom stereocenters. The van der Waals surface area contributed by atoms with Gasteiger partial charge in [0.2, 0.25) is 5.91 Å². The van der Waals surface area contributed by atoms with Crippen molar-refractivity contribution >= 4 is 16.8 Å². The fourth-order valence-electron chi connectivity index (χ4n) is 4.05. The quantitative estimate of drug-likeness (QED) is 0.375.